The molecule has 0 aliphatic heterocycles. The molecular formula is C20H22N2O3S. The molecule has 1 saturated carbocycles. The minimum absolute atomic E-state index is 0.0841. The van der Waals surface area contributed by atoms with Crippen LogP contribution in [0.3, 0.4) is 0 Å². The van der Waals surface area contributed by atoms with E-state index in [4.69, 9.17) is 4.42 Å². The van der Waals surface area contributed by atoms with Gasteiger partial charge in [-0.3, -0.25) is 0 Å². The first-order valence-electron chi connectivity index (χ1n) is 9.03. The van der Waals surface area contributed by atoms with E-state index in [9.17, 15) is 8.42 Å². The molecule has 0 amide bonds. The Morgan fingerprint density at radius 3 is 2.65 bits per heavy atom. The summed E-state index contributed by atoms with van der Waals surface area (Å²) in [5.41, 5.74) is 3.06. The number of benzene rings is 2. The van der Waals surface area contributed by atoms with Gasteiger partial charge in [0.1, 0.15) is 5.52 Å². The van der Waals surface area contributed by atoms with Crippen LogP contribution in [0.2, 0.25) is 0 Å². The Kier molecular flexibility index (Phi) is 4.68. The summed E-state index contributed by atoms with van der Waals surface area (Å²) >= 11 is 0. The molecule has 0 atom stereocenters. The van der Waals surface area contributed by atoms with Crippen molar-refractivity contribution in [3.05, 3.63) is 54.1 Å². The van der Waals surface area contributed by atoms with Gasteiger partial charge in [0, 0.05) is 5.69 Å². The van der Waals surface area contributed by atoms with Crippen molar-refractivity contribution in [2.75, 3.05) is 5.32 Å². The van der Waals surface area contributed by atoms with E-state index in [-0.39, 0.29) is 11.0 Å². The molecule has 0 radical (unpaired) electrons. The summed E-state index contributed by atoms with van der Waals surface area (Å²) in [7, 11) is -3.11. The normalized spacial score (nSPS) is 16.0. The van der Waals surface area contributed by atoms with Crippen molar-refractivity contribution >= 4 is 32.6 Å². The number of sulfone groups is 1. The highest BCUT2D eigenvalue weighted by Crippen LogP contribution is 2.27. The van der Waals surface area contributed by atoms with Crippen LogP contribution in [0, 0.1) is 0 Å². The zero-order valence-corrected chi connectivity index (χ0v) is 15.3. The van der Waals surface area contributed by atoms with Crippen LogP contribution in [0.1, 0.15) is 37.7 Å². The largest absolute Gasteiger partial charge is 0.423 e. The Morgan fingerprint density at radius 1 is 1.04 bits per heavy atom. The van der Waals surface area contributed by atoms with Crippen molar-refractivity contribution in [3.8, 4) is 0 Å². The average Bonchev–Trinajstić information content (AvgIpc) is 3.04. The maximum atomic E-state index is 12.7. The molecular weight excluding hydrogens is 348 g/mol. The molecule has 1 fully saturated rings. The van der Waals surface area contributed by atoms with Gasteiger partial charge in [-0.25, -0.2) is 8.42 Å². The van der Waals surface area contributed by atoms with Crippen LogP contribution in [-0.4, -0.2) is 18.7 Å². The Labute approximate surface area is 153 Å². The molecule has 3 aromatic rings. The van der Waals surface area contributed by atoms with E-state index >= 15 is 0 Å². The lowest BCUT2D eigenvalue weighted by Gasteiger charge is -2.21. The number of hydrogen-bond donors (Lipinski definition) is 1. The van der Waals surface area contributed by atoms with Gasteiger partial charge < -0.3 is 9.73 Å². The maximum absolute atomic E-state index is 12.7. The zero-order valence-electron chi connectivity index (χ0n) is 14.5. The fourth-order valence-corrected chi connectivity index (χ4v) is 5.49. The summed E-state index contributed by atoms with van der Waals surface area (Å²) in [5.74, 6) is 0.0841. The second-order valence-corrected chi connectivity index (χ2v) is 9.16. The van der Waals surface area contributed by atoms with Gasteiger partial charge in [0.2, 0.25) is 0 Å². The van der Waals surface area contributed by atoms with Crippen LogP contribution in [0.5, 0.6) is 0 Å². The average molecular weight is 370 g/mol. The summed E-state index contributed by atoms with van der Waals surface area (Å²) in [5, 5.41) is 2.94. The predicted molar refractivity (Wildman–Crippen MR) is 103 cm³/mol. The number of nitrogens with one attached hydrogen (secondary N) is 1. The summed E-state index contributed by atoms with van der Waals surface area (Å²) in [6, 6.07) is 15.4. The van der Waals surface area contributed by atoms with Crippen molar-refractivity contribution in [2.45, 2.75) is 43.1 Å². The van der Waals surface area contributed by atoms with Gasteiger partial charge in [-0.15, -0.1) is 0 Å². The fraction of sp³-hybridized carbons (Fsp3) is 0.350. The Balaban J connectivity index is 1.51. The number of fused-ring (bicyclic) bond motifs is 1. The van der Waals surface area contributed by atoms with E-state index in [1.54, 1.807) is 0 Å². The molecule has 136 valence electrons. The van der Waals surface area contributed by atoms with Gasteiger partial charge in [0.05, 0.1) is 11.0 Å². The van der Waals surface area contributed by atoms with Crippen molar-refractivity contribution in [1.82, 2.24) is 4.98 Å². The minimum Gasteiger partial charge on any atom is -0.423 e. The van der Waals surface area contributed by atoms with Gasteiger partial charge >= 0.3 is 0 Å². The molecule has 0 saturated heterocycles. The third-order valence-corrected chi connectivity index (χ3v) is 7.12. The Morgan fingerprint density at radius 2 is 1.85 bits per heavy atom. The summed E-state index contributed by atoms with van der Waals surface area (Å²) < 4.78 is 31.0. The Hall–Kier alpha value is -2.34. The predicted octanol–water partition coefficient (Wildman–Crippen LogP) is 4.82. The minimum atomic E-state index is -3.11. The van der Waals surface area contributed by atoms with Crippen LogP contribution in [-0.2, 0) is 15.6 Å². The molecule has 2 aromatic carbocycles. The molecule has 1 aliphatic rings. The fourth-order valence-electron chi connectivity index (χ4n) is 3.56. The molecule has 1 heterocycles. The molecule has 1 aliphatic carbocycles. The Bertz CT molecular complexity index is 972. The van der Waals surface area contributed by atoms with E-state index in [0.29, 0.717) is 11.6 Å². The zero-order chi connectivity index (χ0) is 18.0. The highest BCUT2D eigenvalue weighted by molar-refractivity contribution is 7.91. The monoisotopic (exact) mass is 370 g/mol. The van der Waals surface area contributed by atoms with Gasteiger partial charge in [-0.2, -0.15) is 4.98 Å². The molecule has 1 N–H and O–H groups in total. The quantitative estimate of drug-likeness (QED) is 0.697. The molecule has 4 rings (SSSR count). The second-order valence-electron chi connectivity index (χ2n) is 6.88. The number of aromatic nitrogens is 1. The number of hydrogen-bond acceptors (Lipinski definition) is 5. The van der Waals surface area contributed by atoms with E-state index in [1.807, 2.05) is 48.5 Å². The lowest BCUT2D eigenvalue weighted by molar-refractivity contribution is 0.483. The number of oxazole rings is 1. The molecule has 5 nitrogen and oxygen atoms in total. The van der Waals surface area contributed by atoms with Crippen LogP contribution < -0.4 is 5.32 Å². The number of para-hydroxylation sites is 2. The van der Waals surface area contributed by atoms with E-state index in [2.05, 4.69) is 10.3 Å². The molecule has 0 unspecified atom stereocenters. The molecule has 1 aromatic heterocycles. The lowest BCUT2D eigenvalue weighted by atomic mass is 10.0. The first-order valence-corrected chi connectivity index (χ1v) is 10.7. The topological polar surface area (TPSA) is 72.2 Å². The highest BCUT2D eigenvalue weighted by Gasteiger charge is 2.27. The van der Waals surface area contributed by atoms with Gasteiger partial charge in [0.25, 0.3) is 6.01 Å². The number of nitrogens with zero attached hydrogens (tertiary/aromatic N) is 1. The molecule has 6 heteroatoms. The van der Waals surface area contributed by atoms with Crippen molar-refractivity contribution in [1.29, 1.82) is 0 Å². The van der Waals surface area contributed by atoms with Crippen molar-refractivity contribution < 1.29 is 12.8 Å². The van der Waals surface area contributed by atoms with Gasteiger partial charge in [-0.1, -0.05) is 43.5 Å². The first-order chi connectivity index (χ1) is 12.6. The smallest absolute Gasteiger partial charge is 0.300 e. The first kappa shape index (κ1) is 17.1. The number of rotatable bonds is 5. The third kappa shape index (κ3) is 3.75. The van der Waals surface area contributed by atoms with Gasteiger partial charge in [-0.05, 0) is 42.7 Å². The van der Waals surface area contributed by atoms with E-state index in [1.165, 1.54) is 0 Å². The van der Waals surface area contributed by atoms with Crippen LogP contribution in [0.4, 0.5) is 11.7 Å². The second kappa shape index (κ2) is 7.11. The summed E-state index contributed by atoms with van der Waals surface area (Å²) in [6.07, 6.45) is 4.77. The lowest BCUT2D eigenvalue weighted by Crippen LogP contribution is -2.25. The molecule has 0 bridgehead atoms. The summed E-state index contributed by atoms with van der Waals surface area (Å²) in [4.78, 5) is 4.39. The molecule has 0 spiro atoms. The summed E-state index contributed by atoms with van der Waals surface area (Å²) in [6.45, 7) is 0. The number of anilines is 2. The van der Waals surface area contributed by atoms with Gasteiger partial charge in [0.15, 0.2) is 15.4 Å². The van der Waals surface area contributed by atoms with Crippen LogP contribution in [0.25, 0.3) is 11.1 Å². The standard InChI is InChI=1S/C20H22N2O3S/c23-26(24,17-9-2-1-3-10-17)14-15-7-6-8-16(13-15)21-20-22-18-11-4-5-12-19(18)25-20/h4-8,11-13,17H,1-3,9-10,14H2,(H,21,22). The van der Waals surface area contributed by atoms with E-state index < -0.39 is 9.84 Å². The maximum Gasteiger partial charge on any atom is 0.300 e. The van der Waals surface area contributed by atoms with Crippen molar-refractivity contribution in [2.24, 2.45) is 0 Å². The van der Waals surface area contributed by atoms with Crippen molar-refractivity contribution in [3.63, 3.8) is 0 Å². The van der Waals surface area contributed by atoms with Crippen LogP contribution in [0.15, 0.2) is 52.9 Å². The molecule has 26 heavy (non-hydrogen) atoms. The third-order valence-electron chi connectivity index (χ3n) is 4.90. The van der Waals surface area contributed by atoms with Crippen LogP contribution >= 0.6 is 0 Å². The highest BCUT2D eigenvalue weighted by atomic mass is 32.2. The van der Waals surface area contributed by atoms with E-state index in [0.717, 1.165) is 48.9 Å². The SMILES string of the molecule is O=S(=O)(Cc1cccc(Nc2nc3ccccc3o2)c1)C1CCCCC1.